The normalized spacial score (nSPS) is 10.8. The first kappa shape index (κ1) is 14.2. The lowest BCUT2D eigenvalue weighted by molar-refractivity contribution is 1.11. The van der Waals surface area contributed by atoms with Gasteiger partial charge in [-0.3, -0.25) is 0 Å². The van der Waals surface area contributed by atoms with Crippen molar-refractivity contribution < 1.29 is 0 Å². The zero-order chi connectivity index (χ0) is 14.7. The third kappa shape index (κ3) is 3.11. The lowest BCUT2D eigenvalue weighted by Crippen LogP contribution is -2.00. The standard InChI is InChI=1S/C19H18BrN/c1-2-14-7-9-15(10-8-14)13-21-19-12-11-18(20)16-5-3-4-6-17(16)19/h3-12,21H,2,13H2,1H3. The van der Waals surface area contributed by atoms with Crippen LogP contribution in [-0.2, 0) is 13.0 Å². The summed E-state index contributed by atoms with van der Waals surface area (Å²) in [6.45, 7) is 3.02. The molecule has 0 aromatic heterocycles. The van der Waals surface area contributed by atoms with Gasteiger partial charge in [-0.05, 0) is 35.1 Å². The van der Waals surface area contributed by atoms with Crippen molar-refractivity contribution in [2.75, 3.05) is 5.32 Å². The third-order valence-corrected chi connectivity index (χ3v) is 4.48. The SMILES string of the molecule is CCc1ccc(CNc2ccc(Br)c3ccccc23)cc1. The molecule has 0 saturated carbocycles. The Morgan fingerprint density at radius 2 is 1.48 bits per heavy atom. The van der Waals surface area contributed by atoms with Gasteiger partial charge >= 0.3 is 0 Å². The monoisotopic (exact) mass is 339 g/mol. The summed E-state index contributed by atoms with van der Waals surface area (Å²) in [5, 5.41) is 6.03. The molecule has 0 unspecified atom stereocenters. The number of fused-ring (bicyclic) bond motifs is 1. The number of rotatable bonds is 4. The van der Waals surface area contributed by atoms with Gasteiger partial charge in [0.15, 0.2) is 0 Å². The van der Waals surface area contributed by atoms with Crippen molar-refractivity contribution in [3.05, 3.63) is 76.3 Å². The minimum atomic E-state index is 0.843. The summed E-state index contributed by atoms with van der Waals surface area (Å²) in [6, 6.07) is 21.5. The fourth-order valence-electron chi connectivity index (χ4n) is 2.51. The van der Waals surface area contributed by atoms with Crippen LogP contribution < -0.4 is 5.32 Å². The summed E-state index contributed by atoms with van der Waals surface area (Å²) >= 11 is 3.62. The van der Waals surface area contributed by atoms with E-state index in [-0.39, 0.29) is 0 Å². The van der Waals surface area contributed by atoms with Gasteiger partial charge in [0.05, 0.1) is 0 Å². The van der Waals surface area contributed by atoms with Crippen molar-refractivity contribution in [2.24, 2.45) is 0 Å². The molecule has 0 saturated heterocycles. The summed E-state index contributed by atoms with van der Waals surface area (Å²) in [5.41, 5.74) is 3.86. The first-order valence-corrected chi connectivity index (χ1v) is 8.06. The van der Waals surface area contributed by atoms with Crippen LogP contribution in [0, 0.1) is 0 Å². The number of nitrogens with one attached hydrogen (secondary N) is 1. The third-order valence-electron chi connectivity index (χ3n) is 3.79. The number of hydrogen-bond acceptors (Lipinski definition) is 1. The van der Waals surface area contributed by atoms with Crippen molar-refractivity contribution in [3.63, 3.8) is 0 Å². The fourth-order valence-corrected chi connectivity index (χ4v) is 2.98. The molecule has 0 heterocycles. The Bertz CT molecular complexity index is 747. The van der Waals surface area contributed by atoms with Crippen LogP contribution in [0.4, 0.5) is 5.69 Å². The van der Waals surface area contributed by atoms with E-state index in [9.17, 15) is 0 Å². The predicted octanol–water partition coefficient (Wildman–Crippen LogP) is 5.78. The Morgan fingerprint density at radius 3 is 2.19 bits per heavy atom. The van der Waals surface area contributed by atoms with Crippen molar-refractivity contribution in [3.8, 4) is 0 Å². The highest BCUT2D eigenvalue weighted by atomic mass is 79.9. The molecule has 106 valence electrons. The van der Waals surface area contributed by atoms with E-state index in [1.807, 2.05) is 0 Å². The fraction of sp³-hybridized carbons (Fsp3) is 0.158. The molecule has 0 aliphatic heterocycles. The second kappa shape index (κ2) is 6.31. The molecule has 0 spiro atoms. The maximum Gasteiger partial charge on any atom is 0.0423 e. The highest BCUT2D eigenvalue weighted by Crippen LogP contribution is 2.30. The van der Waals surface area contributed by atoms with Crippen molar-refractivity contribution >= 4 is 32.4 Å². The number of anilines is 1. The van der Waals surface area contributed by atoms with Gasteiger partial charge in [0.25, 0.3) is 0 Å². The smallest absolute Gasteiger partial charge is 0.0423 e. The van der Waals surface area contributed by atoms with E-state index >= 15 is 0 Å². The summed E-state index contributed by atoms with van der Waals surface area (Å²) in [5.74, 6) is 0. The van der Waals surface area contributed by atoms with Crippen molar-refractivity contribution in [1.29, 1.82) is 0 Å². The largest absolute Gasteiger partial charge is 0.380 e. The van der Waals surface area contributed by atoms with Gasteiger partial charge in [0.1, 0.15) is 0 Å². The molecule has 0 fully saturated rings. The Hall–Kier alpha value is -1.80. The number of halogens is 1. The topological polar surface area (TPSA) is 12.0 Å². The molecule has 1 N–H and O–H groups in total. The molecular weight excluding hydrogens is 322 g/mol. The van der Waals surface area contributed by atoms with Crippen molar-refractivity contribution in [1.82, 2.24) is 0 Å². The minimum Gasteiger partial charge on any atom is -0.380 e. The zero-order valence-corrected chi connectivity index (χ0v) is 13.7. The van der Waals surface area contributed by atoms with E-state index in [4.69, 9.17) is 0 Å². The van der Waals surface area contributed by atoms with E-state index in [1.54, 1.807) is 0 Å². The molecule has 0 amide bonds. The van der Waals surface area contributed by atoms with Gasteiger partial charge in [0.2, 0.25) is 0 Å². The lowest BCUT2D eigenvalue weighted by Gasteiger charge is -2.11. The van der Waals surface area contributed by atoms with E-state index in [0.29, 0.717) is 0 Å². The molecule has 0 atom stereocenters. The summed E-state index contributed by atoms with van der Waals surface area (Å²) < 4.78 is 1.14. The molecule has 2 heteroatoms. The molecule has 3 aromatic carbocycles. The van der Waals surface area contributed by atoms with E-state index in [2.05, 4.69) is 88.8 Å². The van der Waals surface area contributed by atoms with Crippen LogP contribution in [0.25, 0.3) is 10.8 Å². The van der Waals surface area contributed by atoms with Crippen LogP contribution >= 0.6 is 15.9 Å². The average Bonchev–Trinajstić information content (AvgIpc) is 2.55. The molecule has 3 aromatic rings. The first-order chi connectivity index (χ1) is 10.3. The lowest BCUT2D eigenvalue weighted by atomic mass is 10.1. The number of hydrogen-bond donors (Lipinski definition) is 1. The molecule has 21 heavy (non-hydrogen) atoms. The first-order valence-electron chi connectivity index (χ1n) is 7.27. The average molecular weight is 340 g/mol. The predicted molar refractivity (Wildman–Crippen MR) is 94.8 cm³/mol. The Kier molecular flexibility index (Phi) is 4.26. The summed E-state index contributed by atoms with van der Waals surface area (Å²) in [4.78, 5) is 0. The molecule has 0 radical (unpaired) electrons. The van der Waals surface area contributed by atoms with Gasteiger partial charge in [-0.25, -0.2) is 0 Å². The molecule has 0 aliphatic rings. The molecular formula is C19H18BrN. The van der Waals surface area contributed by atoms with Crippen molar-refractivity contribution in [2.45, 2.75) is 19.9 Å². The van der Waals surface area contributed by atoms with Crippen LogP contribution in [0.2, 0.25) is 0 Å². The van der Waals surface area contributed by atoms with Gasteiger partial charge < -0.3 is 5.32 Å². The summed E-state index contributed by atoms with van der Waals surface area (Å²) in [6.07, 6.45) is 1.09. The maximum atomic E-state index is 3.62. The molecule has 0 bridgehead atoms. The molecule has 0 aliphatic carbocycles. The van der Waals surface area contributed by atoms with Gasteiger partial charge in [0, 0.05) is 22.1 Å². The van der Waals surface area contributed by atoms with Gasteiger partial charge in [-0.1, -0.05) is 71.4 Å². The minimum absolute atomic E-state index is 0.843. The number of aryl methyl sites for hydroxylation is 1. The van der Waals surface area contributed by atoms with Gasteiger partial charge in [-0.2, -0.15) is 0 Å². The molecule has 1 nitrogen and oxygen atoms in total. The molecule has 3 rings (SSSR count). The number of benzene rings is 3. The second-order valence-corrected chi connectivity index (χ2v) is 6.02. The Balaban J connectivity index is 1.83. The maximum absolute atomic E-state index is 3.62. The van der Waals surface area contributed by atoms with E-state index in [1.165, 1.54) is 27.6 Å². The van der Waals surface area contributed by atoms with Crippen LogP contribution in [0.1, 0.15) is 18.1 Å². The Morgan fingerprint density at radius 1 is 0.810 bits per heavy atom. The van der Waals surface area contributed by atoms with E-state index in [0.717, 1.165) is 17.4 Å². The zero-order valence-electron chi connectivity index (χ0n) is 12.1. The van der Waals surface area contributed by atoms with Gasteiger partial charge in [-0.15, -0.1) is 0 Å². The van der Waals surface area contributed by atoms with Crippen LogP contribution in [0.3, 0.4) is 0 Å². The van der Waals surface area contributed by atoms with Crippen LogP contribution in [0.5, 0.6) is 0 Å². The highest BCUT2D eigenvalue weighted by Gasteiger charge is 2.03. The second-order valence-electron chi connectivity index (χ2n) is 5.16. The van der Waals surface area contributed by atoms with Crippen LogP contribution in [-0.4, -0.2) is 0 Å². The van der Waals surface area contributed by atoms with Crippen LogP contribution in [0.15, 0.2) is 65.1 Å². The van der Waals surface area contributed by atoms with E-state index < -0.39 is 0 Å². The Labute approximate surface area is 134 Å². The quantitative estimate of drug-likeness (QED) is 0.635. The summed E-state index contributed by atoms with van der Waals surface area (Å²) in [7, 11) is 0. The highest BCUT2D eigenvalue weighted by molar-refractivity contribution is 9.10.